The average molecular weight is 478 g/mol. The van der Waals surface area contributed by atoms with Crippen LogP contribution in [-0.4, -0.2) is 53.3 Å². The van der Waals surface area contributed by atoms with Crippen LogP contribution in [0.3, 0.4) is 0 Å². The summed E-state index contributed by atoms with van der Waals surface area (Å²) in [6.07, 6.45) is 3.12. The zero-order chi connectivity index (χ0) is 24.1. The van der Waals surface area contributed by atoms with E-state index >= 15 is 0 Å². The van der Waals surface area contributed by atoms with E-state index in [1.54, 1.807) is 4.90 Å². The summed E-state index contributed by atoms with van der Waals surface area (Å²) in [6, 6.07) is 5.62. The molecule has 2 aliphatic heterocycles. The number of aryl methyl sites for hydroxylation is 2. The summed E-state index contributed by atoms with van der Waals surface area (Å²) in [5, 5.41) is 13.0. The Morgan fingerprint density at radius 2 is 2.06 bits per heavy atom. The number of benzene rings is 1. The summed E-state index contributed by atoms with van der Waals surface area (Å²) < 4.78 is 44.4. The van der Waals surface area contributed by atoms with Gasteiger partial charge in [-0.1, -0.05) is 18.2 Å². The molecule has 2 aromatic rings. The second-order valence-electron chi connectivity index (χ2n) is 8.98. The standard InChI is InChI=1S/C25H30F3N3O3/c26-25(27,28)20-8-6-18(7-9-20)22(24(32)33)31-12-10-21(16-31)34-13-2-1-4-17-14-19-5-3-11-29-23(19)30-15-17/h6-9,14-15,21-22H,1-5,10-13,16H2,(H,29,30)(H,32,33)/t21-,22?/m1/s1. The molecule has 1 fully saturated rings. The van der Waals surface area contributed by atoms with Crippen LogP contribution in [0.25, 0.3) is 0 Å². The second kappa shape index (κ2) is 10.7. The number of rotatable bonds is 9. The lowest BCUT2D eigenvalue weighted by molar-refractivity contribution is -0.143. The van der Waals surface area contributed by atoms with Crippen LogP contribution in [0.15, 0.2) is 36.5 Å². The van der Waals surface area contributed by atoms with E-state index in [-0.39, 0.29) is 6.10 Å². The molecule has 184 valence electrons. The van der Waals surface area contributed by atoms with Crippen LogP contribution in [0.2, 0.25) is 0 Å². The fourth-order valence-corrected chi connectivity index (χ4v) is 4.70. The number of aliphatic carboxylic acids is 1. The van der Waals surface area contributed by atoms with Crippen LogP contribution in [0.4, 0.5) is 19.0 Å². The molecule has 1 saturated heterocycles. The number of aromatic nitrogens is 1. The number of halogens is 3. The number of fused-ring (bicyclic) bond motifs is 1. The normalized spacial score (nSPS) is 19.4. The fourth-order valence-electron chi connectivity index (χ4n) is 4.70. The lowest BCUT2D eigenvalue weighted by Crippen LogP contribution is -2.33. The molecule has 2 N–H and O–H groups in total. The van der Waals surface area contributed by atoms with Crippen LogP contribution >= 0.6 is 0 Å². The first kappa shape index (κ1) is 24.5. The van der Waals surface area contributed by atoms with E-state index in [0.717, 1.165) is 56.6 Å². The molecular weight excluding hydrogens is 447 g/mol. The number of carboxylic acid groups (broad SMARTS) is 1. The minimum Gasteiger partial charge on any atom is -0.480 e. The van der Waals surface area contributed by atoms with Crippen molar-refractivity contribution in [2.45, 2.75) is 56.8 Å². The van der Waals surface area contributed by atoms with Gasteiger partial charge in [0.15, 0.2) is 0 Å². The molecule has 2 atom stereocenters. The number of alkyl halides is 3. The van der Waals surface area contributed by atoms with E-state index in [2.05, 4.69) is 16.4 Å². The Morgan fingerprint density at radius 3 is 2.79 bits per heavy atom. The molecule has 0 radical (unpaired) electrons. The van der Waals surface area contributed by atoms with E-state index in [0.29, 0.717) is 31.7 Å². The van der Waals surface area contributed by atoms with Gasteiger partial charge in [-0.25, -0.2) is 4.98 Å². The van der Waals surface area contributed by atoms with Gasteiger partial charge in [-0.15, -0.1) is 0 Å². The zero-order valence-electron chi connectivity index (χ0n) is 19.0. The summed E-state index contributed by atoms with van der Waals surface area (Å²) in [7, 11) is 0. The number of anilines is 1. The Balaban J connectivity index is 1.22. The summed E-state index contributed by atoms with van der Waals surface area (Å²) >= 11 is 0. The first-order chi connectivity index (χ1) is 16.3. The van der Waals surface area contributed by atoms with Gasteiger partial charge in [0, 0.05) is 32.4 Å². The highest BCUT2D eigenvalue weighted by Crippen LogP contribution is 2.32. The van der Waals surface area contributed by atoms with Gasteiger partial charge in [-0.3, -0.25) is 9.69 Å². The molecule has 4 rings (SSSR count). The number of likely N-dealkylation sites (tertiary alicyclic amines) is 1. The monoisotopic (exact) mass is 477 g/mol. The summed E-state index contributed by atoms with van der Waals surface area (Å²) in [4.78, 5) is 18.2. The van der Waals surface area contributed by atoms with Crippen molar-refractivity contribution in [1.82, 2.24) is 9.88 Å². The first-order valence-electron chi connectivity index (χ1n) is 11.8. The zero-order valence-corrected chi connectivity index (χ0v) is 19.0. The van der Waals surface area contributed by atoms with Crippen LogP contribution in [0, 0.1) is 0 Å². The van der Waals surface area contributed by atoms with Gasteiger partial charge in [-0.05, 0) is 67.3 Å². The highest BCUT2D eigenvalue weighted by atomic mass is 19.4. The van der Waals surface area contributed by atoms with Crippen molar-refractivity contribution in [1.29, 1.82) is 0 Å². The number of pyridine rings is 1. The number of nitrogens with zero attached hydrogens (tertiary/aromatic N) is 2. The van der Waals surface area contributed by atoms with E-state index < -0.39 is 23.8 Å². The van der Waals surface area contributed by atoms with Crippen molar-refractivity contribution in [3.63, 3.8) is 0 Å². The highest BCUT2D eigenvalue weighted by Gasteiger charge is 2.35. The van der Waals surface area contributed by atoms with Gasteiger partial charge in [0.1, 0.15) is 11.9 Å². The predicted octanol–water partition coefficient (Wildman–Crippen LogP) is 4.70. The predicted molar refractivity (Wildman–Crippen MR) is 122 cm³/mol. The topological polar surface area (TPSA) is 74.7 Å². The van der Waals surface area contributed by atoms with E-state index in [1.807, 2.05) is 6.20 Å². The molecule has 6 nitrogen and oxygen atoms in total. The molecular formula is C25H30F3N3O3. The number of hydrogen-bond acceptors (Lipinski definition) is 5. The lowest BCUT2D eigenvalue weighted by atomic mass is 10.0. The molecule has 9 heteroatoms. The maximum absolute atomic E-state index is 12.8. The Bertz CT molecular complexity index is 982. The van der Waals surface area contributed by atoms with E-state index in [9.17, 15) is 23.1 Å². The highest BCUT2D eigenvalue weighted by molar-refractivity contribution is 5.75. The Morgan fingerprint density at radius 1 is 1.26 bits per heavy atom. The molecule has 2 aliphatic rings. The minimum absolute atomic E-state index is 0.0761. The summed E-state index contributed by atoms with van der Waals surface area (Å²) in [5.74, 6) is -0.0747. The fraction of sp³-hybridized carbons (Fsp3) is 0.520. The molecule has 1 aromatic carbocycles. The maximum Gasteiger partial charge on any atom is 0.416 e. The van der Waals surface area contributed by atoms with Crippen molar-refractivity contribution in [3.05, 3.63) is 58.8 Å². The molecule has 0 bridgehead atoms. The Labute approximate surface area is 197 Å². The van der Waals surface area contributed by atoms with Gasteiger partial charge in [0.25, 0.3) is 0 Å². The number of carboxylic acids is 1. The van der Waals surface area contributed by atoms with Crippen LogP contribution in [0.1, 0.15) is 54.0 Å². The van der Waals surface area contributed by atoms with Crippen LogP contribution in [0.5, 0.6) is 0 Å². The second-order valence-corrected chi connectivity index (χ2v) is 8.98. The molecule has 34 heavy (non-hydrogen) atoms. The molecule has 0 aliphatic carbocycles. The SMILES string of the molecule is O=C(O)C(c1ccc(C(F)(F)F)cc1)N1CC[C@@H](OCCCCc2cnc3c(c2)CCCN3)C1. The number of carbonyl (C=O) groups is 1. The largest absolute Gasteiger partial charge is 0.480 e. The van der Waals surface area contributed by atoms with Gasteiger partial charge in [0.05, 0.1) is 11.7 Å². The Hall–Kier alpha value is -2.65. The smallest absolute Gasteiger partial charge is 0.416 e. The third kappa shape index (κ3) is 6.07. The van der Waals surface area contributed by atoms with Gasteiger partial charge >= 0.3 is 12.1 Å². The average Bonchev–Trinajstić information content (AvgIpc) is 3.26. The number of ether oxygens (including phenoxy) is 1. The molecule has 0 spiro atoms. The van der Waals surface area contributed by atoms with Crippen molar-refractivity contribution in [2.75, 3.05) is 31.6 Å². The van der Waals surface area contributed by atoms with E-state index in [1.165, 1.54) is 23.3 Å². The molecule has 0 amide bonds. The van der Waals surface area contributed by atoms with E-state index in [4.69, 9.17) is 4.74 Å². The van der Waals surface area contributed by atoms with Gasteiger partial charge in [0.2, 0.25) is 0 Å². The van der Waals surface area contributed by atoms with Gasteiger partial charge < -0.3 is 15.2 Å². The number of nitrogens with one attached hydrogen (secondary N) is 1. The summed E-state index contributed by atoms with van der Waals surface area (Å²) in [5.41, 5.74) is 2.07. The van der Waals surface area contributed by atoms with Crippen molar-refractivity contribution >= 4 is 11.8 Å². The quantitative estimate of drug-likeness (QED) is 0.510. The minimum atomic E-state index is -4.45. The summed E-state index contributed by atoms with van der Waals surface area (Å²) in [6.45, 7) is 2.54. The third-order valence-corrected chi connectivity index (χ3v) is 6.48. The number of unbranched alkanes of at least 4 members (excludes halogenated alkanes) is 1. The van der Waals surface area contributed by atoms with Crippen LogP contribution in [-0.2, 0) is 28.5 Å². The van der Waals surface area contributed by atoms with Crippen molar-refractivity contribution in [3.8, 4) is 0 Å². The molecule has 1 unspecified atom stereocenters. The maximum atomic E-state index is 12.8. The molecule has 3 heterocycles. The van der Waals surface area contributed by atoms with Crippen molar-refractivity contribution < 1.29 is 27.8 Å². The third-order valence-electron chi connectivity index (χ3n) is 6.48. The Kier molecular flexibility index (Phi) is 7.73. The first-order valence-corrected chi connectivity index (χ1v) is 11.8. The van der Waals surface area contributed by atoms with Crippen LogP contribution < -0.4 is 5.32 Å². The van der Waals surface area contributed by atoms with Gasteiger partial charge in [-0.2, -0.15) is 13.2 Å². The molecule has 0 saturated carbocycles. The lowest BCUT2D eigenvalue weighted by Gasteiger charge is -2.25. The molecule has 1 aromatic heterocycles. The number of hydrogen-bond donors (Lipinski definition) is 2. The van der Waals surface area contributed by atoms with Crippen molar-refractivity contribution in [2.24, 2.45) is 0 Å².